The summed E-state index contributed by atoms with van der Waals surface area (Å²) in [6.07, 6.45) is -6.96. The van der Waals surface area contributed by atoms with E-state index in [4.69, 9.17) is 18.8 Å². The van der Waals surface area contributed by atoms with Gasteiger partial charge in [-0.15, -0.1) is 0 Å². The van der Waals surface area contributed by atoms with Gasteiger partial charge in [0.15, 0.2) is 18.5 Å². The van der Waals surface area contributed by atoms with E-state index in [-0.39, 0.29) is 25.2 Å². The molecule has 1 saturated heterocycles. The zero-order valence-electron chi connectivity index (χ0n) is 17.5. The first kappa shape index (κ1) is 26.3. The predicted octanol–water partition coefficient (Wildman–Crippen LogP) is 2.44. The number of carbonyl (C=O) groups excluding carboxylic acids is 2. The van der Waals surface area contributed by atoms with Crippen LogP contribution in [0.25, 0.3) is 0 Å². The second-order valence-electron chi connectivity index (χ2n) is 9.36. The summed E-state index contributed by atoms with van der Waals surface area (Å²) < 4.78 is 141. The van der Waals surface area contributed by atoms with E-state index in [1.807, 2.05) is 0 Å². The van der Waals surface area contributed by atoms with Crippen LogP contribution >= 0.6 is 0 Å². The normalized spacial score (nSPS) is 37.0. The number of hydrogen-bond donors (Lipinski definition) is 1. The molecule has 5 rings (SSSR count). The summed E-state index contributed by atoms with van der Waals surface area (Å²) in [6, 6.07) is 0. The monoisotopic (exact) mass is 544 g/mol. The van der Waals surface area contributed by atoms with Gasteiger partial charge in [-0.2, -0.15) is 39.2 Å². The molecule has 0 amide bonds. The summed E-state index contributed by atoms with van der Waals surface area (Å²) in [4.78, 5) is 24.0. The molecule has 3 atom stereocenters. The lowest BCUT2D eigenvalue weighted by atomic mass is 9.51. The molecule has 3 unspecified atom stereocenters. The number of alkyl halides is 7. The third kappa shape index (κ3) is 4.27. The van der Waals surface area contributed by atoms with E-state index in [2.05, 4.69) is 4.74 Å². The Kier molecular flexibility index (Phi) is 5.94. The van der Waals surface area contributed by atoms with E-state index < -0.39 is 82.0 Å². The number of ether oxygens (including phenoxy) is 4. The molecule has 1 aliphatic heterocycles. The zero-order valence-corrected chi connectivity index (χ0v) is 18.3. The van der Waals surface area contributed by atoms with Crippen molar-refractivity contribution in [1.82, 2.24) is 0 Å². The van der Waals surface area contributed by atoms with Gasteiger partial charge >= 0.3 is 39.4 Å². The lowest BCUT2D eigenvalue weighted by Crippen LogP contribution is -2.65. The minimum Gasteiger partial charge on any atom is -0.457 e. The third-order valence-corrected chi connectivity index (χ3v) is 7.82. The number of halogens is 7. The highest BCUT2D eigenvalue weighted by Gasteiger charge is 2.69. The number of rotatable bonds is 6. The summed E-state index contributed by atoms with van der Waals surface area (Å²) in [7, 11) is -6.08. The summed E-state index contributed by atoms with van der Waals surface area (Å²) in [5.74, 6) is -12.2. The van der Waals surface area contributed by atoms with Crippen LogP contribution in [-0.2, 0) is 38.7 Å². The molecule has 0 aromatic heterocycles. The molecule has 17 heteroatoms. The van der Waals surface area contributed by atoms with Crippen LogP contribution in [-0.4, -0.2) is 73.0 Å². The minimum atomic E-state index is -6.08. The molecule has 4 bridgehead atoms. The molecule has 1 spiro atoms. The third-order valence-electron chi connectivity index (χ3n) is 7.00. The summed E-state index contributed by atoms with van der Waals surface area (Å²) in [5.41, 5.74) is -1.52. The van der Waals surface area contributed by atoms with Crippen LogP contribution < -0.4 is 0 Å². The highest BCUT2D eigenvalue weighted by Crippen LogP contribution is 2.64. The van der Waals surface area contributed by atoms with Gasteiger partial charge in [0.05, 0.1) is 6.61 Å². The SMILES string of the molecule is O=C(OCC(F)(F)C(F)(F)F)C1COC2(O1)C1CC3CC2CC(OC(=O)C(F)(F)S(=O)(=O)O)(C3)C1. The molecule has 0 radical (unpaired) electrons. The Labute approximate surface area is 192 Å². The van der Waals surface area contributed by atoms with Crippen molar-refractivity contribution in [3.63, 3.8) is 0 Å². The van der Waals surface area contributed by atoms with E-state index >= 15 is 0 Å². The second-order valence-corrected chi connectivity index (χ2v) is 10.8. The second kappa shape index (κ2) is 7.89. The van der Waals surface area contributed by atoms with Gasteiger partial charge in [0.2, 0.25) is 0 Å². The van der Waals surface area contributed by atoms with Crippen molar-refractivity contribution in [2.75, 3.05) is 13.2 Å². The molecule has 0 aromatic rings. The Balaban J connectivity index is 1.45. The summed E-state index contributed by atoms with van der Waals surface area (Å²) >= 11 is 0. The highest BCUT2D eigenvalue weighted by atomic mass is 32.2. The van der Waals surface area contributed by atoms with Crippen molar-refractivity contribution in [3.05, 3.63) is 0 Å². The van der Waals surface area contributed by atoms with Gasteiger partial charge in [0.25, 0.3) is 0 Å². The Hall–Kier alpha value is -1.72. The van der Waals surface area contributed by atoms with Crippen molar-refractivity contribution in [3.8, 4) is 0 Å². The first-order chi connectivity index (χ1) is 15.8. The van der Waals surface area contributed by atoms with Crippen LogP contribution in [0, 0.1) is 17.8 Å². The van der Waals surface area contributed by atoms with Crippen LogP contribution in [0.15, 0.2) is 0 Å². The fraction of sp³-hybridized carbons (Fsp3) is 0.889. The lowest BCUT2D eigenvalue weighted by molar-refractivity contribution is -0.321. The molecular weight excluding hydrogens is 525 g/mol. The maximum absolute atomic E-state index is 13.7. The average molecular weight is 544 g/mol. The van der Waals surface area contributed by atoms with Crippen molar-refractivity contribution in [1.29, 1.82) is 0 Å². The number of hydrogen-bond acceptors (Lipinski definition) is 8. The van der Waals surface area contributed by atoms with Gasteiger partial charge in [0, 0.05) is 11.8 Å². The molecule has 5 fully saturated rings. The zero-order chi connectivity index (χ0) is 26.2. The van der Waals surface area contributed by atoms with E-state index in [9.17, 15) is 48.7 Å². The van der Waals surface area contributed by atoms with Gasteiger partial charge in [-0.05, 0) is 38.0 Å². The molecule has 9 nitrogen and oxygen atoms in total. The lowest BCUT2D eigenvalue weighted by Gasteiger charge is -2.62. The van der Waals surface area contributed by atoms with Crippen LogP contribution in [0.4, 0.5) is 30.7 Å². The van der Waals surface area contributed by atoms with Crippen LogP contribution in [0.3, 0.4) is 0 Å². The Bertz CT molecular complexity index is 996. The molecular formula is C18H19F7O9S. The smallest absolute Gasteiger partial charge is 0.457 e. The molecule has 35 heavy (non-hydrogen) atoms. The number of carbonyl (C=O) groups is 2. The minimum absolute atomic E-state index is 0.126. The van der Waals surface area contributed by atoms with E-state index in [1.165, 1.54) is 0 Å². The summed E-state index contributed by atoms with van der Waals surface area (Å²) in [5, 5.41) is -5.19. The predicted molar refractivity (Wildman–Crippen MR) is 94.4 cm³/mol. The Morgan fingerprint density at radius 1 is 1.00 bits per heavy atom. The molecule has 5 aliphatic rings. The van der Waals surface area contributed by atoms with Gasteiger partial charge in [0.1, 0.15) is 5.60 Å². The van der Waals surface area contributed by atoms with Gasteiger partial charge in [-0.3, -0.25) is 4.55 Å². The fourth-order valence-electron chi connectivity index (χ4n) is 5.72. The quantitative estimate of drug-likeness (QED) is 0.305. The first-order valence-corrected chi connectivity index (χ1v) is 11.8. The Morgan fingerprint density at radius 2 is 1.57 bits per heavy atom. The Morgan fingerprint density at radius 3 is 2.09 bits per heavy atom. The average Bonchev–Trinajstić information content (AvgIpc) is 3.14. The largest absolute Gasteiger partial charge is 0.465 e. The van der Waals surface area contributed by atoms with Gasteiger partial charge < -0.3 is 18.9 Å². The molecule has 4 saturated carbocycles. The van der Waals surface area contributed by atoms with E-state index in [0.717, 1.165) is 0 Å². The first-order valence-electron chi connectivity index (χ1n) is 10.3. The van der Waals surface area contributed by atoms with Crippen molar-refractivity contribution < 1.29 is 72.2 Å². The maximum atomic E-state index is 13.7. The topological polar surface area (TPSA) is 125 Å². The standard InChI is InChI=1S/C18H19F7O9S/c19-15(20,18(23,24)25)7-31-12(26)11-6-32-16(33-11)9-1-8-2-10(16)5-14(3-8,4-9)34-13(27)17(21,22)35(28,29)30/h8-11H,1-7H2,(H,28,29,30). The summed E-state index contributed by atoms with van der Waals surface area (Å²) in [6.45, 7) is -2.78. The maximum Gasteiger partial charge on any atom is 0.465 e. The molecule has 4 aliphatic carbocycles. The van der Waals surface area contributed by atoms with Gasteiger partial charge in [-0.25, -0.2) is 9.59 Å². The van der Waals surface area contributed by atoms with E-state index in [1.54, 1.807) is 0 Å². The molecule has 0 aromatic carbocycles. The van der Waals surface area contributed by atoms with Crippen LogP contribution in [0.2, 0.25) is 0 Å². The van der Waals surface area contributed by atoms with Crippen molar-refractivity contribution in [2.24, 2.45) is 17.8 Å². The van der Waals surface area contributed by atoms with Crippen molar-refractivity contribution in [2.45, 2.75) is 66.9 Å². The van der Waals surface area contributed by atoms with Crippen molar-refractivity contribution >= 4 is 22.1 Å². The van der Waals surface area contributed by atoms with E-state index in [0.29, 0.717) is 12.8 Å². The molecule has 200 valence electrons. The fourth-order valence-corrected chi connectivity index (χ4v) is 5.97. The molecule has 1 heterocycles. The van der Waals surface area contributed by atoms with Crippen LogP contribution in [0.1, 0.15) is 32.1 Å². The van der Waals surface area contributed by atoms with Gasteiger partial charge in [-0.1, -0.05) is 0 Å². The highest BCUT2D eigenvalue weighted by molar-refractivity contribution is 7.87. The van der Waals surface area contributed by atoms with Crippen LogP contribution in [0.5, 0.6) is 0 Å². The number of esters is 2. The molecule has 1 N–H and O–H groups in total.